The predicted molar refractivity (Wildman–Crippen MR) is 29.0 cm³/mol. The number of carbonyl (C=O) groups is 2. The van der Waals surface area contributed by atoms with Crippen LogP contribution in [0.15, 0.2) is 12.2 Å². The van der Waals surface area contributed by atoms with E-state index in [0.717, 1.165) is 0 Å². The van der Waals surface area contributed by atoms with Gasteiger partial charge in [0.1, 0.15) is 0 Å². The molecule has 0 spiro atoms. The molecule has 0 unspecified atom stereocenters. The van der Waals surface area contributed by atoms with Crippen LogP contribution < -0.4 is 0 Å². The average molecular weight is 132 g/mol. The van der Waals surface area contributed by atoms with E-state index in [2.05, 4.69) is 6.58 Å². The molecule has 0 radical (unpaired) electrons. The second-order valence-electron chi connectivity index (χ2n) is 1.48. The van der Waals surface area contributed by atoms with E-state index in [0.29, 0.717) is 0 Å². The molecule has 0 aliphatic carbocycles. The normalized spacial score (nSPS) is 8.44. The van der Waals surface area contributed by atoms with Crippen LogP contribution in [0.3, 0.4) is 0 Å². The average Bonchev–Trinajstić information content (AvgIpc) is 1.63. The van der Waals surface area contributed by atoms with Gasteiger partial charge >= 0.3 is 11.9 Å². The van der Waals surface area contributed by atoms with Gasteiger partial charge in [-0.3, -0.25) is 4.79 Å². The first-order chi connectivity index (χ1) is 4.04. The van der Waals surface area contributed by atoms with Gasteiger partial charge in [0.15, 0.2) is 0 Å². The molecule has 0 saturated carbocycles. The SMILES string of the molecule is C=C(C[13C](=O)O)[13C](=O)O. The molecule has 0 rings (SSSR count). The highest BCUT2D eigenvalue weighted by molar-refractivity contribution is 5.91. The van der Waals surface area contributed by atoms with Crippen LogP contribution in [0.5, 0.6) is 0 Å². The van der Waals surface area contributed by atoms with Crippen molar-refractivity contribution >= 4 is 11.9 Å². The van der Waals surface area contributed by atoms with E-state index in [-0.39, 0.29) is 5.57 Å². The van der Waals surface area contributed by atoms with Crippen molar-refractivity contribution in [2.45, 2.75) is 6.42 Å². The van der Waals surface area contributed by atoms with Crippen molar-refractivity contribution in [3.8, 4) is 0 Å². The van der Waals surface area contributed by atoms with E-state index >= 15 is 0 Å². The first-order valence-corrected chi connectivity index (χ1v) is 2.17. The van der Waals surface area contributed by atoms with Crippen molar-refractivity contribution in [3.63, 3.8) is 0 Å². The third kappa shape index (κ3) is 3.28. The van der Waals surface area contributed by atoms with Crippen molar-refractivity contribution in [2.75, 3.05) is 0 Å². The number of rotatable bonds is 3. The third-order valence-corrected chi connectivity index (χ3v) is 0.667. The molecule has 0 amide bonds. The van der Waals surface area contributed by atoms with Crippen LogP contribution in [-0.2, 0) is 9.59 Å². The molecule has 0 aliphatic rings. The Morgan fingerprint density at radius 1 is 1.33 bits per heavy atom. The lowest BCUT2D eigenvalue weighted by Crippen LogP contribution is -2.04. The van der Waals surface area contributed by atoms with Gasteiger partial charge in [-0.25, -0.2) is 4.79 Å². The predicted octanol–water partition coefficient (Wildman–Crippen LogP) is 0.102. The molecule has 0 saturated heterocycles. The Balaban J connectivity index is 3.79. The minimum Gasteiger partial charge on any atom is -0.481 e. The molecule has 2 N–H and O–H groups in total. The van der Waals surface area contributed by atoms with Crippen LogP contribution in [0.4, 0.5) is 0 Å². The summed E-state index contributed by atoms with van der Waals surface area (Å²) in [6, 6.07) is 0. The van der Waals surface area contributed by atoms with Gasteiger partial charge in [-0.1, -0.05) is 6.58 Å². The fourth-order valence-corrected chi connectivity index (χ4v) is 0.258. The van der Waals surface area contributed by atoms with E-state index in [1.54, 1.807) is 0 Å². The summed E-state index contributed by atoms with van der Waals surface area (Å²) < 4.78 is 0. The molecular weight excluding hydrogens is 126 g/mol. The molecule has 50 valence electrons. The van der Waals surface area contributed by atoms with E-state index in [9.17, 15) is 9.59 Å². The van der Waals surface area contributed by atoms with Crippen molar-refractivity contribution in [1.82, 2.24) is 0 Å². The molecule has 0 atom stereocenters. The Morgan fingerprint density at radius 3 is 1.89 bits per heavy atom. The highest BCUT2D eigenvalue weighted by Gasteiger charge is 2.07. The van der Waals surface area contributed by atoms with E-state index in [4.69, 9.17) is 10.2 Å². The first-order valence-electron chi connectivity index (χ1n) is 2.17. The molecule has 0 aliphatic heterocycles. The van der Waals surface area contributed by atoms with E-state index in [1.165, 1.54) is 0 Å². The van der Waals surface area contributed by atoms with Crippen LogP contribution in [0, 0.1) is 0 Å². The van der Waals surface area contributed by atoms with Crippen LogP contribution in [0.2, 0.25) is 0 Å². The van der Waals surface area contributed by atoms with Gasteiger partial charge < -0.3 is 10.2 Å². The standard InChI is InChI=1S/C5H6O4/c1-3(5(8)9)2-4(6)7/h1-2H2,(H,6,7)(H,8,9)/i4+1,5+1. The lowest BCUT2D eigenvalue weighted by atomic mass is 10.4. The van der Waals surface area contributed by atoms with Crippen molar-refractivity contribution in [1.29, 1.82) is 0 Å². The van der Waals surface area contributed by atoms with E-state index in [1.807, 2.05) is 0 Å². The number of carboxylic acid groups (broad SMARTS) is 2. The second-order valence-corrected chi connectivity index (χ2v) is 1.48. The molecule has 0 heterocycles. The lowest BCUT2D eigenvalue weighted by Gasteiger charge is -1.91. The van der Waals surface area contributed by atoms with Crippen LogP contribution in [0.1, 0.15) is 6.42 Å². The topological polar surface area (TPSA) is 74.6 Å². The Labute approximate surface area is 51.4 Å². The zero-order chi connectivity index (χ0) is 7.44. The zero-order valence-corrected chi connectivity index (χ0v) is 4.63. The highest BCUT2D eigenvalue weighted by atomic mass is 16.5. The van der Waals surface area contributed by atoms with Gasteiger partial charge in [0.2, 0.25) is 0 Å². The number of carboxylic acids is 2. The summed E-state index contributed by atoms with van der Waals surface area (Å²) in [6.45, 7) is 3.01. The summed E-state index contributed by atoms with van der Waals surface area (Å²) in [5.74, 6) is -2.44. The summed E-state index contributed by atoms with van der Waals surface area (Å²) in [5.41, 5.74) is -0.303. The fraction of sp³-hybridized carbons (Fsp3) is 0.200. The maximum Gasteiger partial charge on any atom is 0.331 e. The van der Waals surface area contributed by atoms with Crippen molar-refractivity contribution < 1.29 is 19.8 Å². The summed E-state index contributed by atoms with van der Waals surface area (Å²) >= 11 is 0. The van der Waals surface area contributed by atoms with Gasteiger partial charge in [-0.15, -0.1) is 0 Å². The van der Waals surface area contributed by atoms with Crippen LogP contribution in [0.25, 0.3) is 0 Å². The number of hydrogen-bond acceptors (Lipinski definition) is 2. The largest absolute Gasteiger partial charge is 0.481 e. The van der Waals surface area contributed by atoms with Gasteiger partial charge in [-0.2, -0.15) is 0 Å². The maximum atomic E-state index is 9.87. The third-order valence-electron chi connectivity index (χ3n) is 0.667. The minimum atomic E-state index is -1.27. The molecule has 0 fully saturated rings. The quantitative estimate of drug-likeness (QED) is 0.422. The number of hydrogen-bond donors (Lipinski definition) is 2. The van der Waals surface area contributed by atoms with Gasteiger partial charge in [0.25, 0.3) is 0 Å². The summed E-state index contributed by atoms with van der Waals surface area (Å²) in [5, 5.41) is 16.1. The van der Waals surface area contributed by atoms with Gasteiger partial charge in [0.05, 0.1) is 6.42 Å². The van der Waals surface area contributed by atoms with Crippen LogP contribution >= 0.6 is 0 Å². The molecule has 0 aromatic rings. The smallest absolute Gasteiger partial charge is 0.331 e. The molecule has 9 heavy (non-hydrogen) atoms. The lowest BCUT2D eigenvalue weighted by molar-refractivity contribution is -0.139. The van der Waals surface area contributed by atoms with Crippen molar-refractivity contribution in [2.24, 2.45) is 0 Å². The molecule has 0 aromatic heterocycles. The van der Waals surface area contributed by atoms with Gasteiger partial charge in [-0.05, 0) is 0 Å². The molecule has 4 nitrogen and oxygen atoms in total. The molecule has 4 heteroatoms. The fourth-order valence-electron chi connectivity index (χ4n) is 0.258. The van der Waals surface area contributed by atoms with Crippen LogP contribution in [-0.4, -0.2) is 22.2 Å². The molecule has 0 aromatic carbocycles. The zero-order valence-electron chi connectivity index (χ0n) is 4.63. The molecular formula is C5H6O4. The molecule has 0 bridgehead atoms. The Morgan fingerprint density at radius 2 is 1.78 bits per heavy atom. The highest BCUT2D eigenvalue weighted by Crippen LogP contribution is 1.95. The van der Waals surface area contributed by atoms with E-state index < -0.39 is 18.4 Å². The first kappa shape index (κ1) is 7.68. The summed E-state index contributed by atoms with van der Waals surface area (Å²) in [7, 11) is 0. The summed E-state index contributed by atoms with van der Waals surface area (Å²) in [6.07, 6.45) is -0.505. The Hall–Kier alpha value is -1.32. The Bertz CT molecular complexity index is 158. The Kier molecular flexibility index (Phi) is 2.44. The number of aliphatic carboxylic acids is 2. The van der Waals surface area contributed by atoms with Gasteiger partial charge in [0, 0.05) is 5.57 Å². The monoisotopic (exact) mass is 132 g/mol. The van der Waals surface area contributed by atoms with Crippen molar-refractivity contribution in [3.05, 3.63) is 12.2 Å². The second kappa shape index (κ2) is 2.86. The minimum absolute atomic E-state index is 0.303. The maximum absolute atomic E-state index is 9.87. The summed E-state index contributed by atoms with van der Waals surface area (Å²) in [4.78, 5) is 19.7.